The van der Waals surface area contributed by atoms with Crippen molar-refractivity contribution in [2.45, 2.75) is 71.0 Å². The zero-order valence-corrected chi connectivity index (χ0v) is 13.5. The predicted octanol–water partition coefficient (Wildman–Crippen LogP) is 4.83. The maximum absolute atomic E-state index is 10.5. The van der Waals surface area contributed by atoms with Crippen LogP contribution in [0.2, 0.25) is 0 Å². The summed E-state index contributed by atoms with van der Waals surface area (Å²) in [5, 5.41) is 9.47. The van der Waals surface area contributed by atoms with E-state index in [1.54, 1.807) is 0 Å². The molecule has 1 rings (SSSR count). The predicted molar refractivity (Wildman–Crippen MR) is 83.7 cm³/mol. The van der Waals surface area contributed by atoms with Crippen LogP contribution in [0.1, 0.15) is 65.7 Å². The lowest BCUT2D eigenvalue weighted by Gasteiger charge is -2.27. The van der Waals surface area contributed by atoms with Crippen molar-refractivity contribution in [2.75, 3.05) is 5.75 Å². The first-order valence-electron chi connectivity index (χ1n) is 7.93. The van der Waals surface area contributed by atoms with Crippen molar-refractivity contribution >= 4 is 17.7 Å². The zero-order valence-electron chi connectivity index (χ0n) is 12.7. The van der Waals surface area contributed by atoms with E-state index in [1.807, 2.05) is 0 Å². The van der Waals surface area contributed by atoms with E-state index in [9.17, 15) is 4.79 Å². The van der Waals surface area contributed by atoms with E-state index in [0.717, 1.165) is 35.8 Å². The number of unbranched alkanes of at least 4 members (excludes halogenated alkanes) is 1. The van der Waals surface area contributed by atoms with Crippen LogP contribution in [0.3, 0.4) is 0 Å². The summed E-state index contributed by atoms with van der Waals surface area (Å²) in [6, 6.07) is 0. The molecule has 1 aliphatic heterocycles. The van der Waals surface area contributed by atoms with E-state index in [0.29, 0.717) is 6.42 Å². The quantitative estimate of drug-likeness (QED) is 0.617. The number of carboxylic acid groups (broad SMARTS) is 1. The molecule has 1 aliphatic rings. The Morgan fingerprint density at radius 2 is 2.05 bits per heavy atom. The van der Waals surface area contributed by atoms with Crippen LogP contribution in [0, 0.1) is 17.8 Å². The fraction of sp³-hybridized carbons (Fsp3) is 0.938. The van der Waals surface area contributed by atoms with Crippen LogP contribution >= 0.6 is 11.8 Å². The van der Waals surface area contributed by atoms with Gasteiger partial charge < -0.3 is 5.11 Å². The Kier molecular flexibility index (Phi) is 7.89. The van der Waals surface area contributed by atoms with E-state index in [1.165, 1.54) is 31.4 Å². The highest BCUT2D eigenvalue weighted by molar-refractivity contribution is 8.00. The van der Waals surface area contributed by atoms with Crippen molar-refractivity contribution in [3.05, 3.63) is 0 Å². The van der Waals surface area contributed by atoms with E-state index >= 15 is 0 Å². The molecule has 0 bridgehead atoms. The standard InChI is InChI=1S/C16H30O2S/c1-4-8-13-14(12(3)5-2)11-19-15(13)9-6-7-10-16(17)18/h12-15H,4-11H2,1-3H3,(H,17,18)/t12?,13-,14+,15-/m0/s1. The molecule has 19 heavy (non-hydrogen) atoms. The van der Waals surface area contributed by atoms with Crippen LogP contribution in [0.25, 0.3) is 0 Å². The fourth-order valence-corrected chi connectivity index (χ4v) is 5.26. The van der Waals surface area contributed by atoms with Crippen LogP contribution < -0.4 is 0 Å². The third kappa shape index (κ3) is 5.37. The molecule has 1 heterocycles. The van der Waals surface area contributed by atoms with Gasteiger partial charge in [0.05, 0.1) is 0 Å². The van der Waals surface area contributed by atoms with Gasteiger partial charge in [-0.3, -0.25) is 4.79 Å². The monoisotopic (exact) mass is 286 g/mol. The molecule has 4 atom stereocenters. The SMILES string of the molecule is CCC[C@@H]1[C@H](CCCCC(=O)O)SC[C@@H]1C(C)CC. The molecule has 1 saturated heterocycles. The Balaban J connectivity index is 2.41. The van der Waals surface area contributed by atoms with Crippen LogP contribution in [0.5, 0.6) is 0 Å². The molecule has 0 aliphatic carbocycles. The van der Waals surface area contributed by atoms with Crippen molar-refractivity contribution in [3.63, 3.8) is 0 Å². The van der Waals surface area contributed by atoms with Gasteiger partial charge in [0.15, 0.2) is 0 Å². The summed E-state index contributed by atoms with van der Waals surface area (Å²) in [6.45, 7) is 7.00. The normalized spacial score (nSPS) is 28.5. The van der Waals surface area contributed by atoms with Gasteiger partial charge in [0.1, 0.15) is 0 Å². The lowest BCUT2D eigenvalue weighted by Crippen LogP contribution is -2.24. The Bertz CT molecular complexity index is 267. The molecular weight excluding hydrogens is 256 g/mol. The van der Waals surface area contributed by atoms with Gasteiger partial charge in [0, 0.05) is 11.7 Å². The maximum Gasteiger partial charge on any atom is 0.303 e. The highest BCUT2D eigenvalue weighted by atomic mass is 32.2. The molecule has 1 fully saturated rings. The second-order valence-corrected chi connectivity index (χ2v) is 7.29. The first kappa shape index (κ1) is 16.9. The van der Waals surface area contributed by atoms with Crippen LogP contribution in [-0.2, 0) is 4.79 Å². The highest BCUT2D eigenvalue weighted by Crippen LogP contribution is 2.45. The van der Waals surface area contributed by atoms with Crippen LogP contribution in [0.15, 0.2) is 0 Å². The number of carbonyl (C=O) groups is 1. The Labute approximate surface area is 122 Å². The van der Waals surface area contributed by atoms with Gasteiger partial charge in [-0.2, -0.15) is 11.8 Å². The van der Waals surface area contributed by atoms with E-state index < -0.39 is 5.97 Å². The topological polar surface area (TPSA) is 37.3 Å². The summed E-state index contributed by atoms with van der Waals surface area (Å²) in [7, 11) is 0. The molecule has 0 amide bonds. The lowest BCUT2D eigenvalue weighted by atomic mass is 9.78. The van der Waals surface area contributed by atoms with Crippen molar-refractivity contribution in [2.24, 2.45) is 17.8 Å². The Morgan fingerprint density at radius 1 is 1.32 bits per heavy atom. The smallest absolute Gasteiger partial charge is 0.303 e. The number of hydrogen-bond acceptors (Lipinski definition) is 2. The highest BCUT2D eigenvalue weighted by Gasteiger charge is 2.37. The first-order valence-corrected chi connectivity index (χ1v) is 8.98. The van der Waals surface area contributed by atoms with Crippen molar-refractivity contribution in [3.8, 4) is 0 Å². The number of hydrogen-bond donors (Lipinski definition) is 1. The molecule has 1 unspecified atom stereocenters. The molecule has 2 nitrogen and oxygen atoms in total. The molecule has 0 aromatic heterocycles. The molecule has 1 N–H and O–H groups in total. The number of thioether (sulfide) groups is 1. The summed E-state index contributed by atoms with van der Waals surface area (Å²) in [4.78, 5) is 10.5. The summed E-state index contributed by atoms with van der Waals surface area (Å²) in [5.41, 5.74) is 0. The Morgan fingerprint density at radius 3 is 2.63 bits per heavy atom. The fourth-order valence-electron chi connectivity index (χ4n) is 3.30. The van der Waals surface area contributed by atoms with Gasteiger partial charge in [-0.1, -0.05) is 40.0 Å². The van der Waals surface area contributed by atoms with Crippen LogP contribution in [-0.4, -0.2) is 22.1 Å². The van der Waals surface area contributed by atoms with Gasteiger partial charge in [-0.25, -0.2) is 0 Å². The molecule has 0 spiro atoms. The summed E-state index contributed by atoms with van der Waals surface area (Å²) in [6.07, 6.45) is 7.41. The van der Waals surface area contributed by atoms with Crippen molar-refractivity contribution in [1.29, 1.82) is 0 Å². The van der Waals surface area contributed by atoms with Gasteiger partial charge in [-0.15, -0.1) is 0 Å². The zero-order chi connectivity index (χ0) is 14.3. The second kappa shape index (κ2) is 8.89. The molecule has 112 valence electrons. The summed E-state index contributed by atoms with van der Waals surface area (Å²) >= 11 is 2.15. The van der Waals surface area contributed by atoms with E-state index in [4.69, 9.17) is 5.11 Å². The van der Waals surface area contributed by atoms with Gasteiger partial charge in [0.25, 0.3) is 0 Å². The second-order valence-electron chi connectivity index (χ2n) is 6.01. The molecule has 3 heteroatoms. The molecule has 0 radical (unpaired) electrons. The number of carboxylic acids is 1. The minimum atomic E-state index is -0.651. The van der Waals surface area contributed by atoms with Crippen LogP contribution in [0.4, 0.5) is 0 Å². The molecule has 0 aromatic carbocycles. The third-order valence-corrected chi connectivity index (χ3v) is 6.25. The average molecular weight is 286 g/mol. The maximum atomic E-state index is 10.5. The lowest BCUT2D eigenvalue weighted by molar-refractivity contribution is -0.137. The Hall–Kier alpha value is -0.180. The van der Waals surface area contributed by atoms with Gasteiger partial charge in [0.2, 0.25) is 0 Å². The van der Waals surface area contributed by atoms with Gasteiger partial charge >= 0.3 is 5.97 Å². The average Bonchev–Trinajstić information content (AvgIpc) is 2.77. The van der Waals surface area contributed by atoms with Gasteiger partial charge in [-0.05, 0) is 42.8 Å². The number of rotatable bonds is 9. The van der Waals surface area contributed by atoms with Crippen molar-refractivity contribution < 1.29 is 9.90 Å². The van der Waals surface area contributed by atoms with E-state index in [2.05, 4.69) is 32.5 Å². The summed E-state index contributed by atoms with van der Waals surface area (Å²) < 4.78 is 0. The molecular formula is C16H30O2S. The largest absolute Gasteiger partial charge is 0.481 e. The van der Waals surface area contributed by atoms with E-state index in [-0.39, 0.29) is 0 Å². The summed E-state index contributed by atoms with van der Waals surface area (Å²) in [5.74, 6) is 3.27. The number of aliphatic carboxylic acids is 1. The first-order chi connectivity index (χ1) is 9.10. The minimum absolute atomic E-state index is 0.338. The molecule has 0 aromatic rings. The third-order valence-electron chi connectivity index (χ3n) is 4.66. The minimum Gasteiger partial charge on any atom is -0.481 e. The van der Waals surface area contributed by atoms with Crippen molar-refractivity contribution in [1.82, 2.24) is 0 Å². The molecule has 0 saturated carbocycles.